The zero-order valence-corrected chi connectivity index (χ0v) is 9.04. The number of hydrogen-bond acceptors (Lipinski definition) is 5. The van der Waals surface area contributed by atoms with E-state index >= 15 is 0 Å². The summed E-state index contributed by atoms with van der Waals surface area (Å²) in [4.78, 5) is 21.9. The van der Waals surface area contributed by atoms with Gasteiger partial charge in [-0.1, -0.05) is 0 Å². The lowest BCUT2D eigenvalue weighted by atomic mass is 10.2. The highest BCUT2D eigenvalue weighted by molar-refractivity contribution is 5.83. The Labute approximate surface area is 92.9 Å². The zero-order valence-electron chi connectivity index (χ0n) is 9.04. The normalized spacial score (nSPS) is 19.4. The summed E-state index contributed by atoms with van der Waals surface area (Å²) >= 11 is 0. The van der Waals surface area contributed by atoms with Gasteiger partial charge in [0.1, 0.15) is 0 Å². The number of carboxylic acids is 2. The van der Waals surface area contributed by atoms with Crippen LogP contribution >= 0.6 is 0 Å². The molecule has 1 heterocycles. The van der Waals surface area contributed by atoms with Crippen LogP contribution in [0.15, 0.2) is 0 Å². The van der Waals surface area contributed by atoms with E-state index in [1.54, 1.807) is 0 Å². The van der Waals surface area contributed by atoms with Gasteiger partial charge < -0.3 is 25.3 Å². The lowest BCUT2D eigenvalue weighted by molar-refractivity contribution is -0.165. The molecule has 0 saturated carbocycles. The Morgan fingerprint density at radius 3 is 1.44 bits per heavy atom. The van der Waals surface area contributed by atoms with Crippen LogP contribution in [-0.2, 0) is 9.59 Å². The molecule has 0 aromatic rings. The first-order chi connectivity index (χ1) is 7.36. The van der Waals surface area contributed by atoms with Crippen LogP contribution in [-0.4, -0.2) is 69.6 Å². The van der Waals surface area contributed by atoms with E-state index in [4.69, 9.17) is 20.4 Å². The highest BCUT2D eigenvalue weighted by atomic mass is 16.4. The van der Waals surface area contributed by atoms with E-state index in [-0.39, 0.29) is 0 Å². The summed E-state index contributed by atoms with van der Waals surface area (Å²) in [5.74, 6) is -3.54. The minimum atomic E-state index is -2.27. The van der Waals surface area contributed by atoms with E-state index < -0.39 is 24.1 Å². The van der Waals surface area contributed by atoms with Gasteiger partial charge in [-0.3, -0.25) is 0 Å². The van der Waals surface area contributed by atoms with Crippen LogP contribution in [0.1, 0.15) is 12.8 Å². The van der Waals surface area contributed by atoms with Crippen LogP contribution in [0.5, 0.6) is 0 Å². The standard InChI is InChI=1S/C5H11N.C4H6O6/c1-6-4-2-3-5-6;5-1(3(7)8)2(6)4(9)10/h2-5H2,1H3;1-2,5-6H,(H,7,8)(H,9,10). The van der Waals surface area contributed by atoms with Crippen molar-refractivity contribution in [3.8, 4) is 0 Å². The van der Waals surface area contributed by atoms with Gasteiger partial charge in [-0.25, -0.2) is 9.59 Å². The molecular formula is C9H17NO6. The Morgan fingerprint density at radius 2 is 1.31 bits per heavy atom. The summed E-state index contributed by atoms with van der Waals surface area (Å²) in [6, 6.07) is 0. The van der Waals surface area contributed by atoms with Gasteiger partial charge in [0, 0.05) is 0 Å². The van der Waals surface area contributed by atoms with Gasteiger partial charge in [-0.05, 0) is 33.0 Å². The Kier molecular flexibility index (Phi) is 6.63. The van der Waals surface area contributed by atoms with E-state index in [2.05, 4.69) is 11.9 Å². The Balaban J connectivity index is 0.000000315. The molecule has 1 aliphatic rings. The molecule has 16 heavy (non-hydrogen) atoms. The van der Waals surface area contributed by atoms with Gasteiger partial charge >= 0.3 is 11.9 Å². The third-order valence-corrected chi connectivity index (χ3v) is 2.13. The third-order valence-electron chi connectivity index (χ3n) is 2.13. The van der Waals surface area contributed by atoms with E-state index in [0.29, 0.717) is 0 Å². The summed E-state index contributed by atoms with van der Waals surface area (Å²) in [6.07, 6.45) is -1.71. The van der Waals surface area contributed by atoms with E-state index in [1.165, 1.54) is 25.9 Å². The number of aliphatic carboxylic acids is 2. The summed E-state index contributed by atoms with van der Waals surface area (Å²) < 4.78 is 0. The average molecular weight is 235 g/mol. The Bertz CT molecular complexity index is 220. The minimum absolute atomic E-state index is 1.32. The average Bonchev–Trinajstić information content (AvgIpc) is 2.67. The number of likely N-dealkylation sites (tertiary alicyclic amines) is 1. The molecule has 94 valence electrons. The minimum Gasteiger partial charge on any atom is -0.479 e. The number of hydrogen-bond donors (Lipinski definition) is 4. The number of carboxylic acid groups (broad SMARTS) is 2. The molecule has 7 heteroatoms. The lowest BCUT2D eigenvalue weighted by Crippen LogP contribution is -2.39. The second kappa shape index (κ2) is 7.15. The summed E-state index contributed by atoms with van der Waals surface area (Å²) in [5, 5.41) is 32.5. The van der Waals surface area contributed by atoms with Crippen molar-refractivity contribution in [1.82, 2.24) is 4.90 Å². The fraction of sp³-hybridized carbons (Fsp3) is 0.778. The van der Waals surface area contributed by atoms with Crippen molar-refractivity contribution in [2.24, 2.45) is 0 Å². The van der Waals surface area contributed by atoms with Crippen LogP contribution in [0.3, 0.4) is 0 Å². The van der Waals surface area contributed by atoms with Crippen molar-refractivity contribution in [3.05, 3.63) is 0 Å². The molecule has 0 spiro atoms. The predicted octanol–water partition coefficient (Wildman–Crippen LogP) is -1.41. The first-order valence-electron chi connectivity index (χ1n) is 4.86. The first kappa shape index (κ1) is 14.8. The van der Waals surface area contributed by atoms with Crippen LogP contribution in [0, 0.1) is 0 Å². The molecule has 0 amide bonds. The molecule has 0 aromatic carbocycles. The van der Waals surface area contributed by atoms with Gasteiger partial charge in [0.05, 0.1) is 0 Å². The van der Waals surface area contributed by atoms with Crippen LogP contribution < -0.4 is 0 Å². The molecule has 0 radical (unpaired) electrons. The summed E-state index contributed by atoms with van der Waals surface area (Å²) in [6.45, 7) is 2.64. The van der Waals surface area contributed by atoms with Gasteiger partial charge in [0.25, 0.3) is 0 Å². The molecule has 1 fully saturated rings. The quantitative estimate of drug-likeness (QED) is 0.474. The summed E-state index contributed by atoms with van der Waals surface area (Å²) in [7, 11) is 2.17. The van der Waals surface area contributed by atoms with Crippen molar-refractivity contribution in [2.75, 3.05) is 20.1 Å². The van der Waals surface area contributed by atoms with Crippen molar-refractivity contribution < 1.29 is 30.0 Å². The molecule has 4 N–H and O–H groups in total. The molecular weight excluding hydrogens is 218 g/mol. The zero-order chi connectivity index (χ0) is 12.7. The van der Waals surface area contributed by atoms with Gasteiger partial charge in [-0.15, -0.1) is 0 Å². The van der Waals surface area contributed by atoms with Crippen LogP contribution in [0.4, 0.5) is 0 Å². The number of nitrogens with zero attached hydrogens (tertiary/aromatic N) is 1. The molecule has 1 rings (SSSR count). The largest absolute Gasteiger partial charge is 0.479 e. The fourth-order valence-corrected chi connectivity index (χ4v) is 1.15. The van der Waals surface area contributed by atoms with Gasteiger partial charge in [-0.2, -0.15) is 0 Å². The second-order valence-electron chi connectivity index (χ2n) is 3.58. The summed E-state index contributed by atoms with van der Waals surface area (Å²) in [5.41, 5.74) is 0. The maximum absolute atomic E-state index is 9.77. The Morgan fingerprint density at radius 1 is 1.00 bits per heavy atom. The van der Waals surface area contributed by atoms with Gasteiger partial charge in [0.2, 0.25) is 0 Å². The molecule has 0 aliphatic carbocycles. The number of aliphatic hydroxyl groups excluding tert-OH is 2. The van der Waals surface area contributed by atoms with E-state index in [1.807, 2.05) is 0 Å². The van der Waals surface area contributed by atoms with E-state index in [9.17, 15) is 9.59 Å². The monoisotopic (exact) mass is 235 g/mol. The SMILES string of the molecule is CN1CCCC1.O=C(O)C(O)C(O)C(=O)O. The first-order valence-corrected chi connectivity index (χ1v) is 4.86. The molecule has 2 atom stereocenters. The van der Waals surface area contributed by atoms with Crippen molar-refractivity contribution in [3.63, 3.8) is 0 Å². The van der Waals surface area contributed by atoms with Crippen molar-refractivity contribution in [2.45, 2.75) is 25.0 Å². The number of aliphatic hydroxyl groups is 2. The number of carbonyl (C=O) groups is 2. The van der Waals surface area contributed by atoms with Crippen molar-refractivity contribution >= 4 is 11.9 Å². The molecule has 0 aromatic heterocycles. The van der Waals surface area contributed by atoms with Gasteiger partial charge in [0.15, 0.2) is 12.2 Å². The van der Waals surface area contributed by atoms with Crippen LogP contribution in [0.25, 0.3) is 0 Å². The smallest absolute Gasteiger partial charge is 0.335 e. The highest BCUT2D eigenvalue weighted by Gasteiger charge is 2.29. The lowest BCUT2D eigenvalue weighted by Gasteiger charge is -2.07. The Hall–Kier alpha value is -1.18. The third kappa shape index (κ3) is 5.64. The molecule has 2 unspecified atom stereocenters. The number of rotatable bonds is 3. The molecule has 1 aliphatic heterocycles. The predicted molar refractivity (Wildman–Crippen MR) is 54.0 cm³/mol. The van der Waals surface area contributed by atoms with E-state index in [0.717, 1.165) is 0 Å². The maximum Gasteiger partial charge on any atom is 0.335 e. The second-order valence-corrected chi connectivity index (χ2v) is 3.58. The maximum atomic E-state index is 9.77. The molecule has 0 bridgehead atoms. The molecule has 7 nitrogen and oxygen atoms in total. The van der Waals surface area contributed by atoms with Crippen molar-refractivity contribution in [1.29, 1.82) is 0 Å². The fourth-order valence-electron chi connectivity index (χ4n) is 1.15. The van der Waals surface area contributed by atoms with Crippen LogP contribution in [0.2, 0.25) is 0 Å². The molecule has 1 saturated heterocycles. The highest BCUT2D eigenvalue weighted by Crippen LogP contribution is 2.02. The topological polar surface area (TPSA) is 118 Å².